The Morgan fingerprint density at radius 2 is 2.00 bits per heavy atom. The number of rotatable bonds is 7. The minimum Gasteiger partial charge on any atom is -0.461 e. The molecule has 4 rings (SSSR count). The van der Waals surface area contributed by atoms with Gasteiger partial charge in [0.15, 0.2) is 17.2 Å². The molecule has 0 bridgehead atoms. The third-order valence-corrected chi connectivity index (χ3v) is 5.75. The Morgan fingerprint density at radius 1 is 1.24 bits per heavy atom. The molecule has 33 heavy (non-hydrogen) atoms. The van der Waals surface area contributed by atoms with Crippen molar-refractivity contribution < 1.29 is 28.6 Å². The molecule has 0 saturated heterocycles. The van der Waals surface area contributed by atoms with Gasteiger partial charge in [0.1, 0.15) is 11.2 Å². The molecule has 10 nitrogen and oxygen atoms in total. The van der Waals surface area contributed by atoms with Crippen LogP contribution in [0.2, 0.25) is 0 Å². The maximum absolute atomic E-state index is 13.7. The van der Waals surface area contributed by atoms with Crippen LogP contribution in [-0.2, 0) is 16.1 Å². The standard InChI is InChI=1S/C23H28N4O6/c1-5-31-21(29)16-11-17-20(28)27(15-6-7-18-19(10-15)33-13-32-18)23(4,12-26(17)25-16)22(30)24-9-8-14(2)3/h6-7,10-11,14H,5,8-9,12-13H2,1-4H3,(H,24,30)/t23-/m1/s1. The Balaban J connectivity index is 1.74. The van der Waals surface area contributed by atoms with Crippen molar-refractivity contribution in [3.05, 3.63) is 35.7 Å². The van der Waals surface area contributed by atoms with Gasteiger partial charge >= 0.3 is 5.97 Å². The van der Waals surface area contributed by atoms with Crippen LogP contribution in [0.25, 0.3) is 0 Å². The largest absolute Gasteiger partial charge is 0.461 e. The molecule has 1 aromatic carbocycles. The summed E-state index contributed by atoms with van der Waals surface area (Å²) in [6.07, 6.45) is 0.805. The number of fused-ring (bicyclic) bond motifs is 2. The number of amides is 2. The second-order valence-corrected chi connectivity index (χ2v) is 8.68. The topological polar surface area (TPSA) is 112 Å². The summed E-state index contributed by atoms with van der Waals surface area (Å²) in [4.78, 5) is 40.8. The molecule has 176 valence electrons. The van der Waals surface area contributed by atoms with Gasteiger partial charge in [0.05, 0.1) is 13.2 Å². The lowest BCUT2D eigenvalue weighted by Crippen LogP contribution is -2.64. The van der Waals surface area contributed by atoms with Gasteiger partial charge in [-0.15, -0.1) is 0 Å². The van der Waals surface area contributed by atoms with Crippen molar-refractivity contribution in [1.82, 2.24) is 15.1 Å². The highest BCUT2D eigenvalue weighted by Crippen LogP contribution is 2.39. The number of anilines is 1. The molecule has 0 saturated carbocycles. The summed E-state index contributed by atoms with van der Waals surface area (Å²) in [5, 5.41) is 7.22. The molecule has 2 aliphatic rings. The lowest BCUT2D eigenvalue weighted by atomic mass is 9.93. The van der Waals surface area contributed by atoms with Crippen LogP contribution in [0.1, 0.15) is 55.1 Å². The molecule has 0 aliphatic carbocycles. The molecule has 2 amide bonds. The third-order valence-electron chi connectivity index (χ3n) is 5.75. The molecule has 0 fully saturated rings. The SMILES string of the molecule is CCOC(=O)c1cc2n(n1)C[C@](C)(C(=O)NCCC(C)C)N(c1ccc3c(c1)OCO3)C2=O. The van der Waals surface area contributed by atoms with E-state index in [9.17, 15) is 14.4 Å². The maximum Gasteiger partial charge on any atom is 0.358 e. The van der Waals surface area contributed by atoms with E-state index in [1.165, 1.54) is 15.6 Å². The summed E-state index contributed by atoms with van der Waals surface area (Å²) < 4.78 is 17.3. The summed E-state index contributed by atoms with van der Waals surface area (Å²) in [5.74, 6) is 0.0959. The van der Waals surface area contributed by atoms with Crippen LogP contribution < -0.4 is 19.7 Å². The van der Waals surface area contributed by atoms with E-state index in [0.717, 1.165) is 6.42 Å². The average molecular weight is 456 g/mol. The van der Waals surface area contributed by atoms with Gasteiger partial charge in [0.25, 0.3) is 5.91 Å². The second-order valence-electron chi connectivity index (χ2n) is 8.68. The van der Waals surface area contributed by atoms with E-state index in [2.05, 4.69) is 24.3 Å². The number of hydrogen-bond acceptors (Lipinski definition) is 7. The number of aromatic nitrogens is 2. The summed E-state index contributed by atoms with van der Waals surface area (Å²) in [7, 11) is 0. The average Bonchev–Trinajstić information content (AvgIpc) is 3.40. The molecule has 3 heterocycles. The maximum atomic E-state index is 13.7. The highest BCUT2D eigenvalue weighted by molar-refractivity contribution is 6.12. The van der Waals surface area contributed by atoms with Crippen molar-refractivity contribution in [3.63, 3.8) is 0 Å². The first-order valence-electron chi connectivity index (χ1n) is 11.0. The van der Waals surface area contributed by atoms with Gasteiger partial charge in [0.2, 0.25) is 12.7 Å². The zero-order valence-electron chi connectivity index (χ0n) is 19.2. The molecule has 2 aliphatic heterocycles. The van der Waals surface area contributed by atoms with E-state index < -0.39 is 17.4 Å². The number of ether oxygens (including phenoxy) is 3. The zero-order valence-corrected chi connectivity index (χ0v) is 19.2. The zero-order chi connectivity index (χ0) is 23.8. The Hall–Kier alpha value is -3.56. The molecule has 0 radical (unpaired) electrons. The summed E-state index contributed by atoms with van der Waals surface area (Å²) in [6, 6.07) is 6.50. The predicted molar refractivity (Wildman–Crippen MR) is 118 cm³/mol. The molecule has 1 aromatic heterocycles. The Kier molecular flexibility index (Phi) is 6.01. The van der Waals surface area contributed by atoms with Crippen molar-refractivity contribution in [2.24, 2.45) is 5.92 Å². The van der Waals surface area contributed by atoms with E-state index in [-0.39, 0.29) is 37.2 Å². The Morgan fingerprint density at radius 3 is 2.73 bits per heavy atom. The first kappa shape index (κ1) is 22.6. The van der Waals surface area contributed by atoms with Crippen molar-refractivity contribution in [2.45, 2.75) is 46.2 Å². The van der Waals surface area contributed by atoms with Crippen LogP contribution in [-0.4, -0.2) is 53.0 Å². The van der Waals surface area contributed by atoms with E-state index in [1.54, 1.807) is 32.0 Å². The van der Waals surface area contributed by atoms with Gasteiger partial charge in [0, 0.05) is 24.4 Å². The Labute approximate surface area is 191 Å². The van der Waals surface area contributed by atoms with E-state index in [0.29, 0.717) is 29.6 Å². The van der Waals surface area contributed by atoms with E-state index >= 15 is 0 Å². The van der Waals surface area contributed by atoms with Gasteiger partial charge in [-0.05, 0) is 38.3 Å². The number of carbonyl (C=O) groups excluding carboxylic acids is 3. The lowest BCUT2D eigenvalue weighted by Gasteiger charge is -2.43. The minimum atomic E-state index is -1.30. The fourth-order valence-corrected chi connectivity index (χ4v) is 3.98. The number of esters is 1. The number of carbonyl (C=O) groups is 3. The normalized spacial score (nSPS) is 18.9. The fraction of sp³-hybridized carbons (Fsp3) is 0.478. The summed E-state index contributed by atoms with van der Waals surface area (Å²) >= 11 is 0. The molecule has 1 atom stereocenters. The molecular weight excluding hydrogens is 428 g/mol. The smallest absolute Gasteiger partial charge is 0.358 e. The molecule has 0 spiro atoms. The van der Waals surface area contributed by atoms with Crippen LogP contribution in [0, 0.1) is 5.92 Å². The van der Waals surface area contributed by atoms with Crippen LogP contribution in [0.5, 0.6) is 11.5 Å². The number of hydrogen-bond donors (Lipinski definition) is 1. The summed E-state index contributed by atoms with van der Waals surface area (Å²) in [6.45, 7) is 8.36. The van der Waals surface area contributed by atoms with Gasteiger partial charge in [-0.3, -0.25) is 19.2 Å². The van der Waals surface area contributed by atoms with Crippen molar-refractivity contribution in [1.29, 1.82) is 0 Å². The van der Waals surface area contributed by atoms with Gasteiger partial charge in [-0.25, -0.2) is 4.79 Å². The van der Waals surface area contributed by atoms with Crippen molar-refractivity contribution in [2.75, 3.05) is 24.8 Å². The van der Waals surface area contributed by atoms with Gasteiger partial charge < -0.3 is 19.5 Å². The predicted octanol–water partition coefficient (Wildman–Crippen LogP) is 2.37. The van der Waals surface area contributed by atoms with Crippen LogP contribution >= 0.6 is 0 Å². The number of nitrogens with zero attached hydrogens (tertiary/aromatic N) is 3. The second kappa shape index (κ2) is 8.76. The first-order valence-corrected chi connectivity index (χ1v) is 11.0. The molecule has 10 heteroatoms. The fourth-order valence-electron chi connectivity index (χ4n) is 3.98. The molecule has 1 N–H and O–H groups in total. The quantitative estimate of drug-likeness (QED) is 0.637. The minimum absolute atomic E-state index is 0.0234. The van der Waals surface area contributed by atoms with Gasteiger partial charge in [-0.2, -0.15) is 5.10 Å². The highest BCUT2D eigenvalue weighted by Gasteiger charge is 2.49. The van der Waals surface area contributed by atoms with Crippen LogP contribution in [0.4, 0.5) is 5.69 Å². The molecule has 2 aromatic rings. The van der Waals surface area contributed by atoms with Crippen molar-refractivity contribution in [3.8, 4) is 11.5 Å². The number of nitrogens with one attached hydrogen (secondary N) is 1. The highest BCUT2D eigenvalue weighted by atomic mass is 16.7. The van der Waals surface area contributed by atoms with Crippen LogP contribution in [0.3, 0.4) is 0 Å². The van der Waals surface area contributed by atoms with E-state index in [1.807, 2.05) is 0 Å². The monoisotopic (exact) mass is 456 g/mol. The summed E-state index contributed by atoms with van der Waals surface area (Å²) in [5.41, 5.74) is -0.596. The van der Waals surface area contributed by atoms with Crippen molar-refractivity contribution >= 4 is 23.5 Å². The number of benzene rings is 1. The van der Waals surface area contributed by atoms with E-state index in [4.69, 9.17) is 14.2 Å². The van der Waals surface area contributed by atoms with Gasteiger partial charge in [-0.1, -0.05) is 13.8 Å². The molecule has 0 unspecified atom stereocenters. The lowest BCUT2D eigenvalue weighted by molar-refractivity contribution is -0.126. The van der Waals surface area contributed by atoms with Crippen LogP contribution in [0.15, 0.2) is 24.3 Å². The molecular formula is C23H28N4O6. The first-order chi connectivity index (χ1) is 15.7. The Bertz CT molecular complexity index is 1090. The third kappa shape index (κ3) is 4.12.